The molecule has 2 nitrogen and oxygen atoms in total. The second kappa shape index (κ2) is 6.35. The van der Waals surface area contributed by atoms with Gasteiger partial charge in [-0.1, -0.05) is 6.42 Å². The number of hydrogen-bond acceptors (Lipinski definition) is 2. The van der Waals surface area contributed by atoms with E-state index in [1.807, 2.05) is 0 Å². The van der Waals surface area contributed by atoms with Crippen LogP contribution in [0.5, 0.6) is 0 Å². The zero-order chi connectivity index (χ0) is 8.69. The predicted molar refractivity (Wildman–Crippen MR) is 44.6 cm³/mol. The Labute approximate surface area is 71.9 Å². The third kappa shape index (κ3) is 9.63. The molecule has 0 heterocycles. The molecular weight excluding hydrogens is 164 g/mol. The lowest BCUT2D eigenvalue weighted by atomic mass is 10.1. The lowest BCUT2D eigenvalue weighted by Gasteiger charge is -1.94. The predicted octanol–water partition coefficient (Wildman–Crippen LogP) is 2.29. The number of hydrogen-bond donors (Lipinski definition) is 0. The number of rotatable bonds is 6. The van der Waals surface area contributed by atoms with Crippen molar-refractivity contribution in [3.05, 3.63) is 0 Å². The van der Waals surface area contributed by atoms with Crippen LogP contribution in [0, 0.1) is 0 Å². The van der Waals surface area contributed by atoms with Crippen molar-refractivity contribution < 1.29 is 9.59 Å². The molecule has 0 aromatic rings. The van der Waals surface area contributed by atoms with E-state index >= 15 is 0 Å². The van der Waals surface area contributed by atoms with Crippen molar-refractivity contribution >= 4 is 22.6 Å². The van der Waals surface area contributed by atoms with Crippen molar-refractivity contribution in [1.82, 2.24) is 0 Å². The van der Waals surface area contributed by atoms with Gasteiger partial charge < -0.3 is 4.79 Å². The molecule has 0 spiro atoms. The molecule has 0 aliphatic rings. The van der Waals surface area contributed by atoms with Gasteiger partial charge in [0.25, 0.3) is 0 Å². The average molecular weight is 177 g/mol. The first kappa shape index (κ1) is 10.6. The maximum atomic E-state index is 10.4. The fourth-order valence-corrected chi connectivity index (χ4v) is 0.948. The summed E-state index contributed by atoms with van der Waals surface area (Å²) in [5.41, 5.74) is 0. The molecule has 0 fully saturated rings. The standard InChI is InChI=1S/C8H13ClO2/c1-7(10)5-3-2-4-6-8(9)11/h2-6H2,1H3. The van der Waals surface area contributed by atoms with E-state index in [1.165, 1.54) is 0 Å². The van der Waals surface area contributed by atoms with Gasteiger partial charge in [-0.25, -0.2) is 0 Å². The van der Waals surface area contributed by atoms with E-state index in [4.69, 9.17) is 11.6 Å². The summed E-state index contributed by atoms with van der Waals surface area (Å²) in [5, 5.41) is -0.284. The van der Waals surface area contributed by atoms with Gasteiger partial charge in [0, 0.05) is 12.8 Å². The molecule has 64 valence electrons. The van der Waals surface area contributed by atoms with Gasteiger partial charge >= 0.3 is 0 Å². The third-order valence-electron chi connectivity index (χ3n) is 1.40. The summed E-state index contributed by atoms with van der Waals surface area (Å²) >= 11 is 5.11. The van der Waals surface area contributed by atoms with E-state index in [2.05, 4.69) is 0 Å². The van der Waals surface area contributed by atoms with E-state index in [0.717, 1.165) is 19.3 Å². The first-order chi connectivity index (χ1) is 5.13. The van der Waals surface area contributed by atoms with Gasteiger partial charge in [0.15, 0.2) is 0 Å². The highest BCUT2D eigenvalue weighted by atomic mass is 35.5. The smallest absolute Gasteiger partial charge is 0.221 e. The van der Waals surface area contributed by atoms with Gasteiger partial charge in [0.05, 0.1) is 0 Å². The lowest BCUT2D eigenvalue weighted by Crippen LogP contribution is -1.90. The van der Waals surface area contributed by atoms with Crippen molar-refractivity contribution in [3.63, 3.8) is 0 Å². The monoisotopic (exact) mass is 176 g/mol. The lowest BCUT2D eigenvalue weighted by molar-refractivity contribution is -0.117. The minimum Gasteiger partial charge on any atom is -0.300 e. The molecule has 0 atom stereocenters. The molecule has 0 radical (unpaired) electrons. The first-order valence-corrected chi connectivity index (χ1v) is 4.18. The quantitative estimate of drug-likeness (QED) is 0.460. The summed E-state index contributed by atoms with van der Waals surface area (Å²) in [6.45, 7) is 1.58. The van der Waals surface area contributed by atoms with Crippen LogP contribution in [0.1, 0.15) is 39.0 Å². The van der Waals surface area contributed by atoms with Crippen molar-refractivity contribution in [1.29, 1.82) is 0 Å². The fraction of sp³-hybridized carbons (Fsp3) is 0.750. The Morgan fingerprint density at radius 2 is 1.64 bits per heavy atom. The molecule has 0 rings (SSSR count). The summed E-state index contributed by atoms with van der Waals surface area (Å²) in [5.74, 6) is 0.210. The SMILES string of the molecule is CC(=O)CCCCCC(=O)Cl. The first-order valence-electron chi connectivity index (χ1n) is 3.80. The number of halogens is 1. The Morgan fingerprint density at radius 1 is 1.09 bits per heavy atom. The summed E-state index contributed by atoms with van der Waals surface area (Å²) in [7, 11) is 0. The Kier molecular flexibility index (Phi) is 6.13. The molecular formula is C8H13ClO2. The molecule has 0 saturated heterocycles. The number of carbonyl (C=O) groups is 2. The maximum absolute atomic E-state index is 10.4. The average Bonchev–Trinajstić information content (AvgIpc) is 1.85. The number of ketones is 1. The van der Waals surface area contributed by atoms with Crippen LogP contribution in [0.2, 0.25) is 0 Å². The van der Waals surface area contributed by atoms with Gasteiger partial charge in [0.2, 0.25) is 5.24 Å². The number of unbranched alkanes of at least 4 members (excludes halogenated alkanes) is 2. The molecule has 0 bridgehead atoms. The zero-order valence-electron chi connectivity index (χ0n) is 6.73. The number of carbonyl (C=O) groups excluding carboxylic acids is 2. The van der Waals surface area contributed by atoms with Crippen LogP contribution in [0.15, 0.2) is 0 Å². The Bertz CT molecular complexity index is 127. The molecule has 0 N–H and O–H groups in total. The largest absolute Gasteiger partial charge is 0.300 e. The van der Waals surface area contributed by atoms with E-state index in [0.29, 0.717) is 12.8 Å². The molecule has 3 heteroatoms. The molecule has 0 aliphatic heterocycles. The third-order valence-corrected chi connectivity index (χ3v) is 1.59. The van der Waals surface area contributed by atoms with Crippen LogP contribution >= 0.6 is 11.6 Å². The van der Waals surface area contributed by atoms with Crippen molar-refractivity contribution in [2.45, 2.75) is 39.0 Å². The summed E-state index contributed by atoms with van der Waals surface area (Å²) in [6, 6.07) is 0. The van der Waals surface area contributed by atoms with Crippen LogP contribution in [0.25, 0.3) is 0 Å². The van der Waals surface area contributed by atoms with E-state index < -0.39 is 0 Å². The Hall–Kier alpha value is -0.370. The Morgan fingerprint density at radius 3 is 2.09 bits per heavy atom. The number of Topliss-reactive ketones (excluding diaryl/α,β-unsaturated/α-hetero) is 1. The van der Waals surface area contributed by atoms with Crippen LogP contribution < -0.4 is 0 Å². The van der Waals surface area contributed by atoms with Gasteiger partial charge in [-0.3, -0.25) is 4.79 Å². The second-order valence-electron chi connectivity index (χ2n) is 2.62. The van der Waals surface area contributed by atoms with Crippen LogP contribution in [0.3, 0.4) is 0 Å². The van der Waals surface area contributed by atoms with Gasteiger partial charge in [-0.05, 0) is 31.4 Å². The summed E-state index contributed by atoms with van der Waals surface area (Å²) in [6.07, 6.45) is 3.64. The Balaban J connectivity index is 3.03. The normalized spacial score (nSPS) is 9.64. The molecule has 11 heavy (non-hydrogen) atoms. The van der Waals surface area contributed by atoms with Gasteiger partial charge in [-0.15, -0.1) is 0 Å². The maximum Gasteiger partial charge on any atom is 0.221 e. The topological polar surface area (TPSA) is 34.1 Å². The van der Waals surface area contributed by atoms with Crippen LogP contribution in [-0.4, -0.2) is 11.0 Å². The zero-order valence-corrected chi connectivity index (χ0v) is 7.49. The van der Waals surface area contributed by atoms with E-state index in [-0.39, 0.29) is 11.0 Å². The van der Waals surface area contributed by atoms with Crippen molar-refractivity contribution in [3.8, 4) is 0 Å². The highest BCUT2D eigenvalue weighted by Crippen LogP contribution is 2.04. The molecule has 0 amide bonds. The minimum atomic E-state index is -0.284. The second-order valence-corrected chi connectivity index (χ2v) is 3.04. The molecule has 0 aliphatic carbocycles. The molecule has 0 aromatic heterocycles. The molecule has 0 aromatic carbocycles. The van der Waals surface area contributed by atoms with E-state index in [1.54, 1.807) is 6.92 Å². The van der Waals surface area contributed by atoms with Crippen LogP contribution in [0.4, 0.5) is 0 Å². The van der Waals surface area contributed by atoms with E-state index in [9.17, 15) is 9.59 Å². The highest BCUT2D eigenvalue weighted by molar-refractivity contribution is 6.63. The summed E-state index contributed by atoms with van der Waals surface area (Å²) < 4.78 is 0. The molecule has 0 unspecified atom stereocenters. The van der Waals surface area contributed by atoms with Crippen molar-refractivity contribution in [2.75, 3.05) is 0 Å². The van der Waals surface area contributed by atoms with Gasteiger partial charge in [0.1, 0.15) is 5.78 Å². The van der Waals surface area contributed by atoms with Crippen molar-refractivity contribution in [2.24, 2.45) is 0 Å². The minimum absolute atomic E-state index is 0.210. The molecule has 0 saturated carbocycles. The summed E-state index contributed by atoms with van der Waals surface area (Å²) in [4.78, 5) is 20.7. The van der Waals surface area contributed by atoms with Gasteiger partial charge in [-0.2, -0.15) is 0 Å². The van der Waals surface area contributed by atoms with Crippen LogP contribution in [-0.2, 0) is 9.59 Å². The fourth-order valence-electron chi connectivity index (χ4n) is 0.815. The highest BCUT2D eigenvalue weighted by Gasteiger charge is 1.96.